The van der Waals surface area contributed by atoms with E-state index >= 15 is 0 Å². The zero-order chi connectivity index (χ0) is 11.7. The summed E-state index contributed by atoms with van der Waals surface area (Å²) in [6, 6.07) is 5.84. The second-order valence-corrected chi connectivity index (χ2v) is 4.31. The summed E-state index contributed by atoms with van der Waals surface area (Å²) in [6.45, 7) is 0. The van der Waals surface area contributed by atoms with Crippen LogP contribution in [-0.2, 0) is 6.42 Å². The molecule has 0 aliphatic heterocycles. The Kier molecular flexibility index (Phi) is 2.57. The number of nitrogens with two attached hydrogens (primary N) is 1. The van der Waals surface area contributed by atoms with Crippen LogP contribution in [0.15, 0.2) is 30.6 Å². The van der Waals surface area contributed by atoms with Crippen LogP contribution in [0.3, 0.4) is 0 Å². The minimum Gasteiger partial charge on any atom is -0.324 e. The molecule has 2 aromatic heterocycles. The standard InChI is InChI=1S/C13H14N4/c14-10-4-3-6-11-9(10)8-16-13(17-11)12-5-1-2-7-15-12/h1-2,5,7-8,10H,3-4,6,14H2. The summed E-state index contributed by atoms with van der Waals surface area (Å²) in [4.78, 5) is 13.2. The van der Waals surface area contributed by atoms with Gasteiger partial charge in [-0.25, -0.2) is 9.97 Å². The number of nitrogens with zero attached hydrogens (tertiary/aromatic N) is 3. The molecule has 0 fully saturated rings. The van der Waals surface area contributed by atoms with Crippen LogP contribution in [0, 0.1) is 0 Å². The summed E-state index contributed by atoms with van der Waals surface area (Å²) >= 11 is 0. The molecule has 4 nitrogen and oxygen atoms in total. The molecular weight excluding hydrogens is 212 g/mol. The van der Waals surface area contributed by atoms with Gasteiger partial charge in [-0.15, -0.1) is 0 Å². The molecule has 17 heavy (non-hydrogen) atoms. The van der Waals surface area contributed by atoms with Crippen molar-refractivity contribution in [2.45, 2.75) is 25.3 Å². The maximum atomic E-state index is 6.04. The number of fused-ring (bicyclic) bond motifs is 1. The average molecular weight is 226 g/mol. The van der Waals surface area contributed by atoms with Crippen molar-refractivity contribution >= 4 is 0 Å². The summed E-state index contributed by atoms with van der Waals surface area (Å²) in [6.07, 6.45) is 6.73. The van der Waals surface area contributed by atoms with Crippen molar-refractivity contribution < 1.29 is 0 Å². The van der Waals surface area contributed by atoms with Crippen molar-refractivity contribution in [3.8, 4) is 11.5 Å². The SMILES string of the molecule is NC1CCCc2nc(-c3ccccn3)ncc21. The molecule has 1 unspecified atom stereocenters. The Morgan fingerprint density at radius 2 is 2.18 bits per heavy atom. The van der Waals surface area contributed by atoms with Crippen LogP contribution in [0.25, 0.3) is 11.5 Å². The first-order valence-corrected chi connectivity index (χ1v) is 5.87. The fraction of sp³-hybridized carbons (Fsp3) is 0.308. The molecule has 0 saturated carbocycles. The van der Waals surface area contributed by atoms with E-state index in [1.807, 2.05) is 24.4 Å². The van der Waals surface area contributed by atoms with Crippen molar-refractivity contribution in [3.05, 3.63) is 41.9 Å². The van der Waals surface area contributed by atoms with E-state index in [4.69, 9.17) is 5.73 Å². The summed E-state index contributed by atoms with van der Waals surface area (Å²) in [7, 11) is 0. The van der Waals surface area contributed by atoms with Gasteiger partial charge in [-0.1, -0.05) is 6.07 Å². The molecule has 2 N–H and O–H groups in total. The number of aromatic nitrogens is 3. The minimum absolute atomic E-state index is 0.0940. The highest BCUT2D eigenvalue weighted by atomic mass is 14.9. The predicted octanol–water partition coefficient (Wildman–Crippen LogP) is 1.87. The molecule has 0 bridgehead atoms. The lowest BCUT2D eigenvalue weighted by Gasteiger charge is -2.20. The Labute approximate surface area is 99.9 Å². The van der Waals surface area contributed by atoms with E-state index in [2.05, 4.69) is 15.0 Å². The zero-order valence-corrected chi connectivity index (χ0v) is 9.50. The second kappa shape index (κ2) is 4.22. The van der Waals surface area contributed by atoms with Gasteiger partial charge in [-0.3, -0.25) is 4.98 Å². The molecule has 2 aromatic rings. The molecule has 4 heteroatoms. The topological polar surface area (TPSA) is 64.7 Å². The molecule has 0 saturated heterocycles. The third-order valence-corrected chi connectivity index (χ3v) is 3.12. The van der Waals surface area contributed by atoms with E-state index < -0.39 is 0 Å². The zero-order valence-electron chi connectivity index (χ0n) is 9.50. The molecule has 2 heterocycles. The van der Waals surface area contributed by atoms with E-state index in [9.17, 15) is 0 Å². The highest BCUT2D eigenvalue weighted by molar-refractivity contribution is 5.49. The Bertz CT molecular complexity index is 524. The van der Waals surface area contributed by atoms with Crippen LogP contribution in [0.4, 0.5) is 0 Å². The molecule has 0 radical (unpaired) electrons. The van der Waals surface area contributed by atoms with Gasteiger partial charge in [0.25, 0.3) is 0 Å². The molecule has 1 atom stereocenters. The van der Waals surface area contributed by atoms with Gasteiger partial charge >= 0.3 is 0 Å². The van der Waals surface area contributed by atoms with Crippen molar-refractivity contribution in [3.63, 3.8) is 0 Å². The van der Waals surface area contributed by atoms with Gasteiger partial charge in [0.1, 0.15) is 5.69 Å². The highest BCUT2D eigenvalue weighted by Gasteiger charge is 2.19. The Balaban J connectivity index is 2.04. The van der Waals surface area contributed by atoms with Crippen molar-refractivity contribution in [1.82, 2.24) is 15.0 Å². The number of hydrogen-bond donors (Lipinski definition) is 1. The van der Waals surface area contributed by atoms with E-state index in [0.717, 1.165) is 36.2 Å². The van der Waals surface area contributed by atoms with Crippen LogP contribution >= 0.6 is 0 Å². The van der Waals surface area contributed by atoms with Crippen molar-refractivity contribution in [2.24, 2.45) is 5.73 Å². The van der Waals surface area contributed by atoms with Gasteiger partial charge in [0.15, 0.2) is 5.82 Å². The lowest BCUT2D eigenvalue weighted by molar-refractivity contribution is 0.557. The average Bonchev–Trinajstić information content (AvgIpc) is 2.40. The van der Waals surface area contributed by atoms with Crippen LogP contribution in [0.1, 0.15) is 30.1 Å². The monoisotopic (exact) mass is 226 g/mol. The first kappa shape index (κ1) is 10.4. The quantitative estimate of drug-likeness (QED) is 0.806. The van der Waals surface area contributed by atoms with Crippen LogP contribution in [0.5, 0.6) is 0 Å². The minimum atomic E-state index is 0.0940. The Morgan fingerprint density at radius 3 is 3.00 bits per heavy atom. The van der Waals surface area contributed by atoms with Crippen molar-refractivity contribution in [2.75, 3.05) is 0 Å². The lowest BCUT2D eigenvalue weighted by atomic mass is 9.93. The summed E-state index contributed by atoms with van der Waals surface area (Å²) in [5.74, 6) is 0.693. The fourth-order valence-electron chi connectivity index (χ4n) is 2.20. The van der Waals surface area contributed by atoms with Gasteiger partial charge in [0.2, 0.25) is 0 Å². The van der Waals surface area contributed by atoms with E-state index in [1.165, 1.54) is 0 Å². The largest absolute Gasteiger partial charge is 0.324 e. The number of hydrogen-bond acceptors (Lipinski definition) is 4. The van der Waals surface area contributed by atoms with Crippen LogP contribution in [-0.4, -0.2) is 15.0 Å². The highest BCUT2D eigenvalue weighted by Crippen LogP contribution is 2.27. The lowest BCUT2D eigenvalue weighted by Crippen LogP contribution is -2.19. The third-order valence-electron chi connectivity index (χ3n) is 3.12. The molecule has 1 aliphatic carbocycles. The molecular formula is C13H14N4. The third kappa shape index (κ3) is 1.91. The fourth-order valence-corrected chi connectivity index (χ4v) is 2.20. The molecule has 0 amide bonds. The van der Waals surface area contributed by atoms with E-state index in [1.54, 1.807) is 6.20 Å². The van der Waals surface area contributed by atoms with Gasteiger partial charge in [-0.05, 0) is 31.4 Å². The van der Waals surface area contributed by atoms with Gasteiger partial charge in [-0.2, -0.15) is 0 Å². The second-order valence-electron chi connectivity index (χ2n) is 4.31. The summed E-state index contributed by atoms with van der Waals surface area (Å²) in [5, 5.41) is 0. The number of aryl methyl sites for hydroxylation is 1. The predicted molar refractivity (Wildman–Crippen MR) is 65.1 cm³/mol. The summed E-state index contributed by atoms with van der Waals surface area (Å²) < 4.78 is 0. The van der Waals surface area contributed by atoms with Crippen LogP contribution < -0.4 is 5.73 Å². The first-order chi connectivity index (χ1) is 8.34. The van der Waals surface area contributed by atoms with Gasteiger partial charge < -0.3 is 5.73 Å². The molecule has 1 aliphatic rings. The summed E-state index contributed by atoms with van der Waals surface area (Å²) in [5.41, 5.74) is 9.03. The first-order valence-electron chi connectivity index (χ1n) is 5.87. The number of pyridine rings is 1. The van der Waals surface area contributed by atoms with Crippen molar-refractivity contribution in [1.29, 1.82) is 0 Å². The maximum absolute atomic E-state index is 6.04. The van der Waals surface area contributed by atoms with Crippen LogP contribution in [0.2, 0.25) is 0 Å². The van der Waals surface area contributed by atoms with Gasteiger partial charge in [0.05, 0.1) is 0 Å². The van der Waals surface area contributed by atoms with Gasteiger partial charge in [0, 0.05) is 29.7 Å². The molecule has 3 rings (SSSR count). The van der Waals surface area contributed by atoms with E-state index in [0.29, 0.717) is 5.82 Å². The Hall–Kier alpha value is -1.81. The molecule has 0 spiro atoms. The maximum Gasteiger partial charge on any atom is 0.178 e. The molecule has 86 valence electrons. The number of rotatable bonds is 1. The molecule has 0 aromatic carbocycles. The smallest absolute Gasteiger partial charge is 0.178 e. The normalized spacial score (nSPS) is 18.8. The van der Waals surface area contributed by atoms with E-state index in [-0.39, 0.29) is 6.04 Å². The Morgan fingerprint density at radius 1 is 1.24 bits per heavy atom.